The first kappa shape index (κ1) is 18.6. The summed E-state index contributed by atoms with van der Waals surface area (Å²) >= 11 is 0. The molecule has 26 heavy (non-hydrogen) atoms. The van der Waals surface area contributed by atoms with E-state index in [4.69, 9.17) is 14.7 Å². The summed E-state index contributed by atoms with van der Waals surface area (Å²) in [6, 6.07) is 0. The van der Waals surface area contributed by atoms with Crippen molar-refractivity contribution in [2.24, 2.45) is 0 Å². The molecule has 0 unspecified atom stereocenters. The molecule has 2 aliphatic rings. The van der Waals surface area contributed by atoms with Gasteiger partial charge >= 0.3 is 0 Å². The molecule has 1 atom stereocenters. The Morgan fingerprint density at radius 3 is 2.77 bits per heavy atom. The SMILES string of the molecule is CNc1nc([C@@H]2CCCN(C(C)=O)C2)nc2c1CCN(C(=O)COC)C2. The van der Waals surface area contributed by atoms with Gasteiger partial charge in [-0.1, -0.05) is 0 Å². The first-order valence-electron chi connectivity index (χ1n) is 9.13. The molecule has 1 N–H and O–H groups in total. The molecule has 8 nitrogen and oxygen atoms in total. The third-order valence-electron chi connectivity index (χ3n) is 5.17. The molecule has 1 fully saturated rings. The van der Waals surface area contributed by atoms with Gasteiger partial charge in [-0.15, -0.1) is 0 Å². The van der Waals surface area contributed by atoms with Crippen LogP contribution in [0.1, 0.15) is 42.8 Å². The third-order valence-corrected chi connectivity index (χ3v) is 5.17. The van der Waals surface area contributed by atoms with Crippen molar-refractivity contribution < 1.29 is 14.3 Å². The molecule has 0 bridgehead atoms. The minimum Gasteiger partial charge on any atom is -0.375 e. The number of hydrogen-bond acceptors (Lipinski definition) is 6. The molecule has 3 heterocycles. The first-order chi connectivity index (χ1) is 12.5. The highest BCUT2D eigenvalue weighted by atomic mass is 16.5. The number of nitrogens with zero attached hydrogens (tertiary/aromatic N) is 4. The molecule has 0 aromatic carbocycles. The van der Waals surface area contributed by atoms with E-state index in [-0.39, 0.29) is 24.3 Å². The average molecular weight is 361 g/mol. The first-order valence-corrected chi connectivity index (χ1v) is 9.13. The van der Waals surface area contributed by atoms with Gasteiger partial charge in [0, 0.05) is 52.2 Å². The maximum atomic E-state index is 12.2. The number of piperidine rings is 1. The minimum absolute atomic E-state index is 0.0234. The zero-order chi connectivity index (χ0) is 18.7. The molecule has 8 heteroatoms. The number of ether oxygens (including phenoxy) is 1. The quantitative estimate of drug-likeness (QED) is 0.853. The third kappa shape index (κ3) is 3.80. The fourth-order valence-corrected chi connectivity index (χ4v) is 3.74. The van der Waals surface area contributed by atoms with Crippen molar-refractivity contribution in [2.45, 2.75) is 38.6 Å². The summed E-state index contributed by atoms with van der Waals surface area (Å²) in [4.78, 5) is 37.1. The van der Waals surface area contributed by atoms with Crippen LogP contribution in [-0.4, -0.2) is 72.0 Å². The molecular formula is C18H27N5O3. The van der Waals surface area contributed by atoms with Gasteiger partial charge in [0.2, 0.25) is 11.8 Å². The second-order valence-corrected chi connectivity index (χ2v) is 6.91. The topological polar surface area (TPSA) is 87.7 Å². The van der Waals surface area contributed by atoms with Crippen molar-refractivity contribution in [1.82, 2.24) is 19.8 Å². The normalized spacial score (nSPS) is 19.9. The lowest BCUT2D eigenvalue weighted by molar-refractivity contribution is -0.136. The van der Waals surface area contributed by atoms with Crippen LogP contribution >= 0.6 is 0 Å². The second-order valence-electron chi connectivity index (χ2n) is 6.91. The fourth-order valence-electron chi connectivity index (χ4n) is 3.74. The van der Waals surface area contributed by atoms with E-state index in [2.05, 4.69) is 5.32 Å². The summed E-state index contributed by atoms with van der Waals surface area (Å²) in [7, 11) is 3.39. The van der Waals surface area contributed by atoms with Crippen molar-refractivity contribution in [1.29, 1.82) is 0 Å². The van der Waals surface area contributed by atoms with Crippen molar-refractivity contribution in [3.05, 3.63) is 17.1 Å². The number of rotatable bonds is 4. The smallest absolute Gasteiger partial charge is 0.248 e. The number of methoxy groups -OCH3 is 1. The Labute approximate surface area is 153 Å². The predicted molar refractivity (Wildman–Crippen MR) is 96.8 cm³/mol. The van der Waals surface area contributed by atoms with Crippen LogP contribution in [-0.2, 0) is 27.3 Å². The highest BCUT2D eigenvalue weighted by Crippen LogP contribution is 2.29. The van der Waals surface area contributed by atoms with Gasteiger partial charge in [-0.25, -0.2) is 9.97 Å². The summed E-state index contributed by atoms with van der Waals surface area (Å²) in [6.07, 6.45) is 2.65. The molecule has 0 saturated carbocycles. The standard InChI is InChI=1S/C18H27N5O3/c1-12(24)22-7-4-5-13(9-22)17-20-15-10-23(16(25)11-26-3)8-6-14(15)18(19-2)21-17/h13H,4-11H2,1-3H3,(H,19,20,21)/t13-/m1/s1. The van der Waals surface area contributed by atoms with Crippen LogP contribution in [0.15, 0.2) is 0 Å². The number of aromatic nitrogens is 2. The van der Waals surface area contributed by atoms with E-state index in [9.17, 15) is 9.59 Å². The summed E-state index contributed by atoms with van der Waals surface area (Å²) in [6.45, 7) is 4.27. The molecule has 1 aromatic rings. The van der Waals surface area contributed by atoms with E-state index < -0.39 is 0 Å². The molecule has 3 rings (SSSR count). The molecule has 2 aliphatic heterocycles. The highest BCUT2D eigenvalue weighted by molar-refractivity contribution is 5.77. The number of anilines is 1. The Kier molecular flexibility index (Phi) is 5.70. The maximum Gasteiger partial charge on any atom is 0.248 e. The Hall–Kier alpha value is -2.22. The predicted octanol–water partition coefficient (Wildman–Crippen LogP) is 0.775. The van der Waals surface area contributed by atoms with E-state index in [1.54, 1.807) is 11.8 Å². The number of nitrogens with one attached hydrogen (secondary N) is 1. The van der Waals surface area contributed by atoms with Crippen LogP contribution in [0.4, 0.5) is 5.82 Å². The van der Waals surface area contributed by atoms with Gasteiger partial charge in [0.15, 0.2) is 0 Å². The van der Waals surface area contributed by atoms with Crippen LogP contribution in [0.5, 0.6) is 0 Å². The van der Waals surface area contributed by atoms with Gasteiger partial charge in [0.25, 0.3) is 0 Å². The zero-order valence-electron chi connectivity index (χ0n) is 15.7. The van der Waals surface area contributed by atoms with Crippen LogP contribution in [0.3, 0.4) is 0 Å². The largest absolute Gasteiger partial charge is 0.375 e. The number of amides is 2. The van der Waals surface area contributed by atoms with E-state index in [1.807, 2.05) is 11.9 Å². The van der Waals surface area contributed by atoms with Crippen molar-refractivity contribution >= 4 is 17.6 Å². The number of carbonyl (C=O) groups is 2. The summed E-state index contributed by atoms with van der Waals surface area (Å²) in [5.41, 5.74) is 1.98. The maximum absolute atomic E-state index is 12.2. The van der Waals surface area contributed by atoms with Gasteiger partial charge in [0.05, 0.1) is 12.2 Å². The van der Waals surface area contributed by atoms with E-state index >= 15 is 0 Å². The fraction of sp³-hybridized carbons (Fsp3) is 0.667. The summed E-state index contributed by atoms with van der Waals surface area (Å²) < 4.78 is 4.97. The zero-order valence-corrected chi connectivity index (χ0v) is 15.7. The molecule has 1 aromatic heterocycles. The Balaban J connectivity index is 1.86. The minimum atomic E-state index is -0.0234. The van der Waals surface area contributed by atoms with E-state index in [0.717, 1.165) is 48.7 Å². The number of carbonyl (C=O) groups excluding carboxylic acids is 2. The van der Waals surface area contributed by atoms with Crippen molar-refractivity contribution in [3.8, 4) is 0 Å². The molecule has 2 amide bonds. The highest BCUT2D eigenvalue weighted by Gasteiger charge is 2.29. The summed E-state index contributed by atoms with van der Waals surface area (Å²) in [5.74, 6) is 1.81. The van der Waals surface area contributed by atoms with Gasteiger partial charge in [0.1, 0.15) is 18.2 Å². The Morgan fingerprint density at radius 2 is 2.08 bits per heavy atom. The molecule has 0 spiro atoms. The molecule has 0 radical (unpaired) electrons. The average Bonchev–Trinajstić information content (AvgIpc) is 2.66. The lowest BCUT2D eigenvalue weighted by Crippen LogP contribution is -2.40. The monoisotopic (exact) mass is 361 g/mol. The molecule has 142 valence electrons. The second kappa shape index (κ2) is 7.99. The van der Waals surface area contributed by atoms with Gasteiger partial charge in [-0.05, 0) is 19.3 Å². The Morgan fingerprint density at radius 1 is 1.27 bits per heavy atom. The molecular weight excluding hydrogens is 334 g/mol. The van der Waals surface area contributed by atoms with E-state index in [0.29, 0.717) is 19.6 Å². The summed E-state index contributed by atoms with van der Waals surface area (Å²) in [5, 5.41) is 3.18. The van der Waals surface area contributed by atoms with Crippen molar-refractivity contribution in [2.75, 3.05) is 45.7 Å². The van der Waals surface area contributed by atoms with Crippen LogP contribution in [0.25, 0.3) is 0 Å². The van der Waals surface area contributed by atoms with E-state index in [1.165, 1.54) is 7.11 Å². The van der Waals surface area contributed by atoms with Crippen LogP contribution in [0, 0.1) is 0 Å². The molecule has 0 aliphatic carbocycles. The number of fused-ring (bicyclic) bond motifs is 1. The van der Waals surface area contributed by atoms with Crippen molar-refractivity contribution in [3.63, 3.8) is 0 Å². The van der Waals surface area contributed by atoms with Gasteiger partial charge < -0.3 is 19.9 Å². The van der Waals surface area contributed by atoms with Gasteiger partial charge in [-0.3, -0.25) is 9.59 Å². The lowest BCUT2D eigenvalue weighted by atomic mass is 9.96. The van der Waals surface area contributed by atoms with Crippen LogP contribution in [0.2, 0.25) is 0 Å². The van der Waals surface area contributed by atoms with Crippen LogP contribution < -0.4 is 5.32 Å². The molecule has 1 saturated heterocycles. The lowest BCUT2D eigenvalue weighted by Gasteiger charge is -2.33. The van der Waals surface area contributed by atoms with Gasteiger partial charge in [-0.2, -0.15) is 0 Å². The number of likely N-dealkylation sites (tertiary alicyclic amines) is 1. The Bertz CT molecular complexity index is 694. The number of hydrogen-bond donors (Lipinski definition) is 1.